The van der Waals surface area contributed by atoms with Crippen LogP contribution in [0.15, 0.2) is 102 Å². The highest BCUT2D eigenvalue weighted by Gasteiger charge is 2.14. The standard InChI is InChI=1S/C32H25N5O2/c38-32(21-8-9-22-18-33-15-14-20(22)16-21)37-24-12-10-23(11-13-24)36-30-17-28(34-19-35-30)27-6-3-5-26-25-4-1-2-7-29(25)39-31(26)27/h1-13,16-17,19,33H,14-15,18H2,(H,37,38)(H,34,35,36). The summed E-state index contributed by atoms with van der Waals surface area (Å²) in [5, 5.41) is 11.8. The van der Waals surface area contributed by atoms with Crippen molar-refractivity contribution < 1.29 is 9.21 Å². The fraction of sp³-hybridized carbons (Fsp3) is 0.0938. The third kappa shape index (κ3) is 4.49. The molecule has 7 heteroatoms. The van der Waals surface area contributed by atoms with E-state index in [1.54, 1.807) is 6.33 Å². The number of fused-ring (bicyclic) bond motifs is 4. The molecular formula is C32H25N5O2. The maximum atomic E-state index is 12.8. The summed E-state index contributed by atoms with van der Waals surface area (Å²) in [6.07, 6.45) is 2.48. The first-order chi connectivity index (χ1) is 19.2. The second-order valence-electron chi connectivity index (χ2n) is 9.64. The Kier molecular flexibility index (Phi) is 5.75. The molecule has 0 radical (unpaired) electrons. The van der Waals surface area contributed by atoms with Crippen LogP contribution in [-0.4, -0.2) is 22.4 Å². The first kappa shape index (κ1) is 23.1. The number of nitrogens with zero attached hydrogens (tertiary/aromatic N) is 2. The normalized spacial score (nSPS) is 12.8. The molecule has 7 rings (SSSR count). The van der Waals surface area contributed by atoms with Gasteiger partial charge in [-0.3, -0.25) is 4.79 Å². The van der Waals surface area contributed by atoms with E-state index < -0.39 is 0 Å². The predicted molar refractivity (Wildman–Crippen MR) is 154 cm³/mol. The summed E-state index contributed by atoms with van der Waals surface area (Å²) in [5.41, 5.74) is 8.07. The number of carbonyl (C=O) groups is 1. The number of anilines is 3. The van der Waals surface area contributed by atoms with Crippen molar-refractivity contribution in [2.24, 2.45) is 0 Å². The molecule has 7 nitrogen and oxygen atoms in total. The highest BCUT2D eigenvalue weighted by atomic mass is 16.3. The minimum absolute atomic E-state index is 0.114. The summed E-state index contributed by atoms with van der Waals surface area (Å²) >= 11 is 0. The summed E-state index contributed by atoms with van der Waals surface area (Å²) < 4.78 is 6.18. The van der Waals surface area contributed by atoms with Crippen LogP contribution in [-0.2, 0) is 13.0 Å². The molecule has 1 amide bonds. The van der Waals surface area contributed by atoms with Gasteiger partial charge in [0, 0.05) is 45.9 Å². The molecule has 0 bridgehead atoms. The first-order valence-corrected chi connectivity index (χ1v) is 12.9. The summed E-state index contributed by atoms with van der Waals surface area (Å²) in [6.45, 7) is 1.80. The van der Waals surface area contributed by atoms with E-state index in [2.05, 4.69) is 38.1 Å². The van der Waals surface area contributed by atoms with Crippen molar-refractivity contribution in [1.82, 2.24) is 15.3 Å². The average molecular weight is 512 g/mol. The Labute approximate surface area is 224 Å². The number of furan rings is 1. The maximum absolute atomic E-state index is 12.8. The number of nitrogens with one attached hydrogen (secondary N) is 3. The van der Waals surface area contributed by atoms with E-state index in [1.807, 2.05) is 78.9 Å². The van der Waals surface area contributed by atoms with Crippen molar-refractivity contribution in [3.8, 4) is 11.3 Å². The summed E-state index contributed by atoms with van der Waals surface area (Å²) in [5.74, 6) is 0.547. The lowest BCUT2D eigenvalue weighted by Gasteiger charge is -2.17. The topological polar surface area (TPSA) is 92.1 Å². The highest BCUT2D eigenvalue weighted by molar-refractivity contribution is 6.09. The first-order valence-electron chi connectivity index (χ1n) is 12.9. The molecule has 1 aliphatic heterocycles. The lowest BCUT2D eigenvalue weighted by Crippen LogP contribution is -2.24. The molecule has 0 fully saturated rings. The molecule has 0 atom stereocenters. The van der Waals surface area contributed by atoms with E-state index in [0.717, 1.165) is 64.1 Å². The van der Waals surface area contributed by atoms with Gasteiger partial charge < -0.3 is 20.4 Å². The number of benzene rings is 4. The van der Waals surface area contributed by atoms with Gasteiger partial charge in [-0.05, 0) is 72.6 Å². The second kappa shape index (κ2) is 9.70. The smallest absolute Gasteiger partial charge is 0.255 e. The van der Waals surface area contributed by atoms with Gasteiger partial charge in [-0.25, -0.2) is 9.97 Å². The molecule has 6 aromatic rings. The third-order valence-electron chi connectivity index (χ3n) is 7.12. The molecular weight excluding hydrogens is 486 g/mol. The predicted octanol–water partition coefficient (Wildman–Crippen LogP) is 6.68. The molecule has 3 heterocycles. The quantitative estimate of drug-likeness (QED) is 0.239. The Bertz CT molecular complexity index is 1840. The highest BCUT2D eigenvalue weighted by Crippen LogP contribution is 2.35. The Morgan fingerprint density at radius 3 is 2.59 bits per heavy atom. The Morgan fingerprint density at radius 1 is 0.821 bits per heavy atom. The third-order valence-corrected chi connectivity index (χ3v) is 7.12. The van der Waals surface area contributed by atoms with Gasteiger partial charge in [-0.2, -0.15) is 0 Å². The monoisotopic (exact) mass is 511 g/mol. The molecule has 4 aromatic carbocycles. The van der Waals surface area contributed by atoms with Gasteiger partial charge in [0.15, 0.2) is 0 Å². The molecule has 3 N–H and O–H groups in total. The largest absolute Gasteiger partial charge is 0.455 e. The molecule has 2 aromatic heterocycles. The van der Waals surface area contributed by atoms with Gasteiger partial charge >= 0.3 is 0 Å². The van der Waals surface area contributed by atoms with Crippen molar-refractivity contribution in [1.29, 1.82) is 0 Å². The van der Waals surface area contributed by atoms with Crippen molar-refractivity contribution in [3.63, 3.8) is 0 Å². The molecule has 0 spiro atoms. The van der Waals surface area contributed by atoms with Gasteiger partial charge in [-0.1, -0.05) is 36.4 Å². The number of hydrogen-bond donors (Lipinski definition) is 3. The van der Waals surface area contributed by atoms with Crippen molar-refractivity contribution >= 4 is 45.0 Å². The summed E-state index contributed by atoms with van der Waals surface area (Å²) in [4.78, 5) is 21.7. The number of carbonyl (C=O) groups excluding carboxylic acids is 1. The summed E-state index contributed by atoms with van der Waals surface area (Å²) in [6, 6.07) is 29.5. The number of aromatic nitrogens is 2. The zero-order valence-electron chi connectivity index (χ0n) is 21.1. The zero-order chi connectivity index (χ0) is 26.2. The van der Waals surface area contributed by atoms with Crippen LogP contribution in [0, 0.1) is 0 Å². The van der Waals surface area contributed by atoms with Crippen molar-refractivity contribution in [2.45, 2.75) is 13.0 Å². The summed E-state index contributed by atoms with van der Waals surface area (Å²) in [7, 11) is 0. The van der Waals surface area contributed by atoms with Gasteiger partial charge in [0.25, 0.3) is 5.91 Å². The average Bonchev–Trinajstić information content (AvgIpc) is 3.37. The minimum Gasteiger partial charge on any atom is -0.455 e. The van der Waals surface area contributed by atoms with Gasteiger partial charge in [-0.15, -0.1) is 0 Å². The number of para-hydroxylation sites is 2. The van der Waals surface area contributed by atoms with Gasteiger partial charge in [0.2, 0.25) is 0 Å². The van der Waals surface area contributed by atoms with Crippen LogP contribution in [0.4, 0.5) is 17.2 Å². The lowest BCUT2D eigenvalue weighted by atomic mass is 9.98. The van der Waals surface area contributed by atoms with Crippen molar-refractivity contribution in [2.75, 3.05) is 17.2 Å². The molecule has 0 unspecified atom stereocenters. The van der Waals surface area contributed by atoms with Crippen LogP contribution in [0.25, 0.3) is 33.2 Å². The Hall–Kier alpha value is -5.01. The number of rotatable bonds is 5. The molecule has 0 saturated carbocycles. The Balaban J connectivity index is 1.08. The number of amides is 1. The molecule has 0 aliphatic carbocycles. The fourth-order valence-electron chi connectivity index (χ4n) is 5.13. The van der Waals surface area contributed by atoms with Crippen LogP contribution >= 0.6 is 0 Å². The van der Waals surface area contributed by atoms with E-state index in [9.17, 15) is 4.79 Å². The maximum Gasteiger partial charge on any atom is 0.255 e. The van der Waals surface area contributed by atoms with E-state index in [-0.39, 0.29) is 5.91 Å². The minimum atomic E-state index is -0.114. The van der Waals surface area contributed by atoms with Crippen LogP contribution in [0.2, 0.25) is 0 Å². The molecule has 39 heavy (non-hydrogen) atoms. The van der Waals surface area contributed by atoms with Crippen LogP contribution in [0.3, 0.4) is 0 Å². The SMILES string of the molecule is O=C(Nc1ccc(Nc2cc(-c3cccc4c3oc3ccccc34)ncn2)cc1)c1ccc2c(c1)CCNC2. The molecule has 0 saturated heterocycles. The van der Waals surface area contributed by atoms with Crippen LogP contribution < -0.4 is 16.0 Å². The van der Waals surface area contributed by atoms with Gasteiger partial charge in [0.1, 0.15) is 23.3 Å². The Morgan fingerprint density at radius 2 is 1.67 bits per heavy atom. The lowest BCUT2D eigenvalue weighted by molar-refractivity contribution is 0.102. The fourth-order valence-corrected chi connectivity index (χ4v) is 5.13. The second-order valence-corrected chi connectivity index (χ2v) is 9.64. The van der Waals surface area contributed by atoms with Crippen LogP contribution in [0.1, 0.15) is 21.5 Å². The van der Waals surface area contributed by atoms with E-state index >= 15 is 0 Å². The number of hydrogen-bond acceptors (Lipinski definition) is 6. The van der Waals surface area contributed by atoms with Crippen molar-refractivity contribution in [3.05, 3.63) is 114 Å². The molecule has 1 aliphatic rings. The van der Waals surface area contributed by atoms with Crippen LogP contribution in [0.5, 0.6) is 0 Å². The van der Waals surface area contributed by atoms with E-state index in [4.69, 9.17) is 4.42 Å². The zero-order valence-corrected chi connectivity index (χ0v) is 21.1. The van der Waals surface area contributed by atoms with E-state index in [1.165, 1.54) is 11.1 Å². The van der Waals surface area contributed by atoms with E-state index in [0.29, 0.717) is 11.4 Å². The van der Waals surface area contributed by atoms with Gasteiger partial charge in [0.05, 0.1) is 5.69 Å². The molecule has 190 valence electrons.